The summed E-state index contributed by atoms with van der Waals surface area (Å²) in [5, 5.41) is 3.33. The van der Waals surface area contributed by atoms with E-state index >= 15 is 0 Å². The van der Waals surface area contributed by atoms with Gasteiger partial charge in [0.2, 0.25) is 17.2 Å². The fourth-order valence-corrected chi connectivity index (χ4v) is 2.49. The van der Waals surface area contributed by atoms with Gasteiger partial charge in [-0.2, -0.15) is 15.0 Å². The third kappa shape index (κ3) is 3.70. The maximum Gasteiger partial charge on any atom is 0.231 e. The molecular formula is C13H23ClN6. The Bertz CT molecular complexity index is 433. The zero-order valence-electron chi connectivity index (χ0n) is 12.4. The van der Waals surface area contributed by atoms with Crippen LogP contribution in [0.1, 0.15) is 27.2 Å². The van der Waals surface area contributed by atoms with Gasteiger partial charge < -0.3 is 10.2 Å². The molecular weight excluding hydrogens is 276 g/mol. The van der Waals surface area contributed by atoms with Gasteiger partial charge >= 0.3 is 0 Å². The molecule has 0 spiro atoms. The fraction of sp³-hybridized carbons (Fsp3) is 0.769. The maximum atomic E-state index is 5.97. The van der Waals surface area contributed by atoms with Crippen molar-refractivity contribution in [2.75, 3.05) is 42.9 Å². The number of nitrogens with one attached hydrogen (secondary N) is 1. The lowest BCUT2D eigenvalue weighted by Gasteiger charge is -2.37. The van der Waals surface area contributed by atoms with Crippen LogP contribution in [0.25, 0.3) is 0 Å². The average Bonchev–Trinajstić information content (AvgIpc) is 2.46. The van der Waals surface area contributed by atoms with Crippen LogP contribution in [0, 0.1) is 0 Å². The van der Waals surface area contributed by atoms with Crippen LogP contribution < -0.4 is 10.2 Å². The molecule has 1 fully saturated rings. The molecule has 20 heavy (non-hydrogen) atoms. The Morgan fingerprint density at radius 3 is 2.45 bits per heavy atom. The number of hydrogen-bond donors (Lipinski definition) is 1. The minimum Gasteiger partial charge on any atom is -0.354 e. The van der Waals surface area contributed by atoms with Crippen LogP contribution in [-0.4, -0.2) is 58.6 Å². The highest BCUT2D eigenvalue weighted by atomic mass is 35.5. The molecule has 0 aromatic carbocycles. The van der Waals surface area contributed by atoms with E-state index in [1.165, 1.54) is 6.42 Å². The van der Waals surface area contributed by atoms with E-state index in [-0.39, 0.29) is 5.28 Å². The first-order chi connectivity index (χ1) is 9.63. The Kier molecular flexibility index (Phi) is 5.37. The summed E-state index contributed by atoms with van der Waals surface area (Å²) in [6, 6.07) is 0.636. The van der Waals surface area contributed by atoms with E-state index in [9.17, 15) is 0 Å². The zero-order chi connectivity index (χ0) is 14.5. The molecule has 112 valence electrons. The first-order valence-electron chi connectivity index (χ1n) is 7.28. The summed E-state index contributed by atoms with van der Waals surface area (Å²) in [6.45, 7) is 11.2. The second-order valence-electron chi connectivity index (χ2n) is 5.04. The van der Waals surface area contributed by atoms with Gasteiger partial charge in [-0.25, -0.2) is 0 Å². The molecule has 0 amide bonds. The van der Waals surface area contributed by atoms with Crippen LogP contribution in [-0.2, 0) is 0 Å². The molecule has 6 nitrogen and oxygen atoms in total. The Labute approximate surface area is 125 Å². The van der Waals surface area contributed by atoms with Crippen molar-refractivity contribution in [1.82, 2.24) is 19.9 Å². The van der Waals surface area contributed by atoms with E-state index in [0.717, 1.165) is 32.7 Å². The van der Waals surface area contributed by atoms with E-state index < -0.39 is 0 Å². The highest BCUT2D eigenvalue weighted by molar-refractivity contribution is 6.28. The monoisotopic (exact) mass is 298 g/mol. The molecule has 7 heteroatoms. The summed E-state index contributed by atoms with van der Waals surface area (Å²) in [4.78, 5) is 17.4. The second kappa shape index (κ2) is 7.04. The lowest BCUT2D eigenvalue weighted by Crippen LogP contribution is -2.50. The number of rotatable bonds is 5. The summed E-state index contributed by atoms with van der Waals surface area (Å²) in [5.74, 6) is 1.22. The molecule has 1 unspecified atom stereocenters. The van der Waals surface area contributed by atoms with E-state index in [2.05, 4.69) is 43.9 Å². The minimum absolute atomic E-state index is 0.246. The predicted octanol–water partition coefficient (Wildman–Crippen LogP) is 1.88. The van der Waals surface area contributed by atoms with Gasteiger partial charge in [-0.05, 0) is 31.9 Å². The lowest BCUT2D eigenvalue weighted by atomic mass is 10.2. The molecule has 0 aliphatic carbocycles. The minimum atomic E-state index is 0.246. The van der Waals surface area contributed by atoms with E-state index in [4.69, 9.17) is 11.6 Å². The normalized spacial score (nSPS) is 18.1. The van der Waals surface area contributed by atoms with Crippen LogP contribution in [0.15, 0.2) is 0 Å². The third-order valence-corrected chi connectivity index (χ3v) is 3.91. The van der Waals surface area contributed by atoms with E-state index in [1.807, 2.05) is 6.92 Å². The Hall–Kier alpha value is -1.14. The molecule has 0 saturated carbocycles. The summed E-state index contributed by atoms with van der Waals surface area (Å²) < 4.78 is 0. The highest BCUT2D eigenvalue weighted by Crippen LogP contribution is 2.17. The summed E-state index contributed by atoms with van der Waals surface area (Å²) in [6.07, 6.45) is 1.18. The number of hydrogen-bond acceptors (Lipinski definition) is 6. The van der Waals surface area contributed by atoms with Crippen molar-refractivity contribution in [2.45, 2.75) is 33.2 Å². The molecule has 2 heterocycles. The van der Waals surface area contributed by atoms with Crippen molar-refractivity contribution in [1.29, 1.82) is 0 Å². The number of anilines is 2. The number of halogens is 1. The van der Waals surface area contributed by atoms with Gasteiger partial charge in [-0.3, -0.25) is 4.90 Å². The Morgan fingerprint density at radius 2 is 1.85 bits per heavy atom. The third-order valence-electron chi connectivity index (χ3n) is 3.74. The second-order valence-corrected chi connectivity index (χ2v) is 5.38. The Balaban J connectivity index is 2.03. The molecule has 1 atom stereocenters. The van der Waals surface area contributed by atoms with E-state index in [1.54, 1.807) is 0 Å². The lowest BCUT2D eigenvalue weighted by molar-refractivity contribution is 0.192. The van der Waals surface area contributed by atoms with Crippen molar-refractivity contribution < 1.29 is 0 Å². The SMILES string of the molecule is CCNc1nc(Cl)nc(N2CCN(C(C)CC)CC2)n1. The van der Waals surface area contributed by atoms with Gasteiger partial charge in [-0.1, -0.05) is 6.92 Å². The van der Waals surface area contributed by atoms with Crippen LogP contribution in [0.5, 0.6) is 0 Å². The quantitative estimate of drug-likeness (QED) is 0.896. The van der Waals surface area contributed by atoms with Gasteiger partial charge in [0.05, 0.1) is 0 Å². The summed E-state index contributed by atoms with van der Waals surface area (Å²) in [7, 11) is 0. The van der Waals surface area contributed by atoms with Crippen molar-refractivity contribution in [3.8, 4) is 0 Å². The number of aromatic nitrogens is 3. The van der Waals surface area contributed by atoms with E-state index in [0.29, 0.717) is 17.9 Å². The topological polar surface area (TPSA) is 57.2 Å². The zero-order valence-corrected chi connectivity index (χ0v) is 13.2. The van der Waals surface area contributed by atoms with Gasteiger partial charge in [0.25, 0.3) is 0 Å². The number of nitrogens with zero attached hydrogens (tertiary/aromatic N) is 5. The van der Waals surface area contributed by atoms with Crippen LogP contribution in [0.4, 0.5) is 11.9 Å². The van der Waals surface area contributed by atoms with Crippen molar-refractivity contribution in [3.05, 3.63) is 5.28 Å². The first kappa shape index (κ1) is 15.3. The Morgan fingerprint density at radius 1 is 1.15 bits per heavy atom. The van der Waals surface area contributed by atoms with Crippen LogP contribution in [0.2, 0.25) is 5.28 Å². The standard InChI is InChI=1S/C13H23ClN6/c1-4-10(3)19-6-8-20(9-7-19)13-17-11(14)16-12(18-13)15-5-2/h10H,4-9H2,1-3H3,(H,15,16,17,18). The molecule has 1 aromatic rings. The van der Waals surface area contributed by atoms with Gasteiger partial charge in [0.15, 0.2) is 0 Å². The predicted molar refractivity (Wildman–Crippen MR) is 82.5 cm³/mol. The molecule has 0 radical (unpaired) electrons. The first-order valence-corrected chi connectivity index (χ1v) is 7.66. The molecule has 1 N–H and O–H groups in total. The van der Waals surface area contributed by atoms with Crippen molar-refractivity contribution in [2.24, 2.45) is 0 Å². The molecule has 1 aliphatic rings. The molecule has 1 aliphatic heterocycles. The average molecular weight is 299 g/mol. The molecule has 0 bridgehead atoms. The van der Waals surface area contributed by atoms with Crippen molar-refractivity contribution in [3.63, 3.8) is 0 Å². The van der Waals surface area contributed by atoms with Gasteiger partial charge in [0, 0.05) is 38.8 Å². The smallest absolute Gasteiger partial charge is 0.231 e. The number of piperazine rings is 1. The maximum absolute atomic E-state index is 5.97. The fourth-order valence-electron chi connectivity index (χ4n) is 2.34. The highest BCUT2D eigenvalue weighted by Gasteiger charge is 2.22. The molecule has 2 rings (SSSR count). The molecule has 1 saturated heterocycles. The van der Waals surface area contributed by atoms with Crippen LogP contribution in [0.3, 0.4) is 0 Å². The molecule has 1 aromatic heterocycles. The van der Waals surface area contributed by atoms with Gasteiger partial charge in [0.1, 0.15) is 0 Å². The summed E-state index contributed by atoms with van der Waals surface area (Å²) in [5.41, 5.74) is 0. The van der Waals surface area contributed by atoms with Crippen molar-refractivity contribution >= 4 is 23.5 Å². The van der Waals surface area contributed by atoms with Crippen LogP contribution >= 0.6 is 11.6 Å². The van der Waals surface area contributed by atoms with Gasteiger partial charge in [-0.15, -0.1) is 0 Å². The summed E-state index contributed by atoms with van der Waals surface area (Å²) >= 11 is 5.97. The largest absolute Gasteiger partial charge is 0.354 e.